The molecule has 0 saturated heterocycles. The van der Waals surface area contributed by atoms with E-state index in [9.17, 15) is 5.11 Å². The van der Waals surface area contributed by atoms with Crippen molar-refractivity contribution in [3.05, 3.63) is 65.1 Å². The number of phenols is 1. The number of aromatic nitrogens is 1. The van der Waals surface area contributed by atoms with Crippen LogP contribution in [0.3, 0.4) is 0 Å². The van der Waals surface area contributed by atoms with E-state index >= 15 is 0 Å². The molecule has 0 aliphatic heterocycles. The number of hydrazone groups is 1. The minimum absolute atomic E-state index is 0.154. The summed E-state index contributed by atoms with van der Waals surface area (Å²) in [4.78, 5) is 6.66. The molecule has 21 heavy (non-hydrogen) atoms. The predicted octanol–water partition coefficient (Wildman–Crippen LogP) is 2.96. The molecule has 0 aliphatic carbocycles. The molecule has 0 bridgehead atoms. The molecule has 0 radical (unpaired) electrons. The Morgan fingerprint density at radius 3 is 2.62 bits per heavy atom. The van der Waals surface area contributed by atoms with Gasteiger partial charge in [-0.1, -0.05) is 0 Å². The van der Waals surface area contributed by atoms with Crippen LogP contribution in [0.1, 0.15) is 5.56 Å². The second kappa shape index (κ2) is 6.39. The molecule has 3 aromatic rings. The zero-order chi connectivity index (χ0) is 14.5. The molecule has 0 fully saturated rings. The summed E-state index contributed by atoms with van der Waals surface area (Å²) in [6, 6.07) is 17.1. The summed E-state index contributed by atoms with van der Waals surface area (Å²) >= 11 is 0.154. The molecule has 4 nitrogen and oxygen atoms in total. The van der Waals surface area contributed by atoms with Crippen LogP contribution in [0.5, 0.6) is 5.75 Å². The van der Waals surface area contributed by atoms with Gasteiger partial charge in [0.15, 0.2) is 0 Å². The average Bonchev–Trinajstić information content (AvgIpc) is 2.99. The van der Waals surface area contributed by atoms with Crippen molar-refractivity contribution in [1.82, 2.24) is 4.98 Å². The van der Waals surface area contributed by atoms with E-state index in [-0.39, 0.29) is 20.3 Å². The maximum atomic E-state index is 9.64. The average molecular weight is 342 g/mol. The molecule has 2 N–H and O–H groups in total. The number of benzene rings is 2. The Balaban J connectivity index is 1.70. The van der Waals surface area contributed by atoms with Crippen LogP contribution in [0, 0.1) is 0 Å². The van der Waals surface area contributed by atoms with Crippen LogP contribution in [-0.4, -0.2) is 30.8 Å². The van der Waals surface area contributed by atoms with Crippen LogP contribution in [0.2, 0.25) is 0 Å². The van der Waals surface area contributed by atoms with Gasteiger partial charge in [-0.05, 0) is 0 Å². The van der Waals surface area contributed by atoms with Gasteiger partial charge in [0.1, 0.15) is 0 Å². The molecule has 0 amide bonds. The Labute approximate surface area is 128 Å². The second-order valence-electron chi connectivity index (χ2n) is 4.33. The van der Waals surface area contributed by atoms with E-state index in [1.165, 1.54) is 0 Å². The van der Waals surface area contributed by atoms with Crippen molar-refractivity contribution < 1.29 is 5.11 Å². The van der Waals surface area contributed by atoms with Gasteiger partial charge in [0.2, 0.25) is 0 Å². The van der Waals surface area contributed by atoms with Crippen molar-refractivity contribution in [3.63, 3.8) is 0 Å². The van der Waals surface area contributed by atoms with Gasteiger partial charge in [0.25, 0.3) is 0 Å². The summed E-state index contributed by atoms with van der Waals surface area (Å²) in [6.07, 6.45) is 1.59. The summed E-state index contributed by atoms with van der Waals surface area (Å²) < 4.78 is 0.855. The minimum atomic E-state index is 0.154. The molecule has 0 unspecified atom stereocenters. The second-order valence-corrected chi connectivity index (χ2v) is 6.13. The van der Waals surface area contributed by atoms with E-state index in [4.69, 9.17) is 0 Å². The molecule has 0 saturated carbocycles. The maximum absolute atomic E-state index is 9.64. The van der Waals surface area contributed by atoms with Crippen molar-refractivity contribution in [3.8, 4) is 17.0 Å². The van der Waals surface area contributed by atoms with Crippen LogP contribution < -0.4 is 5.43 Å². The molecule has 1 aromatic heterocycles. The van der Waals surface area contributed by atoms with Crippen molar-refractivity contribution >= 4 is 25.4 Å². The molecule has 0 atom stereocenters. The van der Waals surface area contributed by atoms with Gasteiger partial charge in [0, 0.05) is 0 Å². The van der Waals surface area contributed by atoms with Crippen molar-refractivity contribution in [2.24, 2.45) is 5.10 Å². The van der Waals surface area contributed by atoms with Gasteiger partial charge in [-0.25, -0.2) is 0 Å². The molecule has 0 aliphatic rings. The first-order valence-corrected chi connectivity index (χ1v) is 8.25. The Hall–Kier alpha value is -2.36. The summed E-state index contributed by atoms with van der Waals surface area (Å²) in [6.45, 7) is 0. The molecule has 0 spiro atoms. The van der Waals surface area contributed by atoms with Gasteiger partial charge in [-0.3, -0.25) is 0 Å². The normalized spacial score (nSPS) is 10.9. The fourth-order valence-corrected chi connectivity index (χ4v) is 3.22. The molecular formula is C16H13N3OSe. The summed E-state index contributed by atoms with van der Waals surface area (Å²) in [5.41, 5.74) is 5.71. The third-order valence-corrected chi connectivity index (χ3v) is 4.44. The van der Waals surface area contributed by atoms with E-state index < -0.39 is 0 Å². The quantitative estimate of drug-likeness (QED) is 0.435. The Morgan fingerprint density at radius 2 is 1.81 bits per heavy atom. The van der Waals surface area contributed by atoms with Crippen LogP contribution in [0.25, 0.3) is 11.3 Å². The SMILES string of the molecule is Oc1ccccc1/C=N/Nc1nc(-c2ccccc2)c[se]1. The number of rotatable bonds is 4. The Morgan fingerprint density at radius 1 is 1.05 bits per heavy atom. The van der Waals surface area contributed by atoms with Crippen LogP contribution in [0.4, 0.5) is 4.69 Å². The topological polar surface area (TPSA) is 57.5 Å². The first-order chi connectivity index (χ1) is 10.3. The molecule has 2 aromatic carbocycles. The first-order valence-electron chi connectivity index (χ1n) is 6.41. The van der Waals surface area contributed by atoms with Crippen molar-refractivity contribution in [1.29, 1.82) is 0 Å². The Bertz CT molecular complexity index is 753. The van der Waals surface area contributed by atoms with Gasteiger partial charge in [-0.15, -0.1) is 0 Å². The van der Waals surface area contributed by atoms with Gasteiger partial charge in [0.05, 0.1) is 0 Å². The van der Waals surface area contributed by atoms with Crippen LogP contribution in [-0.2, 0) is 0 Å². The number of hydrogen-bond acceptors (Lipinski definition) is 4. The fraction of sp³-hybridized carbons (Fsp3) is 0. The zero-order valence-electron chi connectivity index (χ0n) is 11.1. The molecular weight excluding hydrogens is 329 g/mol. The number of nitrogens with one attached hydrogen (secondary N) is 1. The first kappa shape index (κ1) is 13.6. The molecule has 5 heteroatoms. The summed E-state index contributed by atoms with van der Waals surface area (Å²) in [7, 11) is 0. The van der Waals surface area contributed by atoms with E-state index in [1.807, 2.05) is 36.4 Å². The Kier molecular flexibility index (Phi) is 4.14. The predicted molar refractivity (Wildman–Crippen MR) is 85.9 cm³/mol. The molecule has 104 valence electrons. The standard InChI is InChI=1S/C16H13N3OSe/c20-15-9-5-4-8-13(15)10-17-19-16-18-14(11-21-16)12-6-2-1-3-7-12/h1-11,20H,(H,18,19)/b17-10+. The van der Waals surface area contributed by atoms with Gasteiger partial charge < -0.3 is 0 Å². The van der Waals surface area contributed by atoms with E-state index in [0.29, 0.717) is 5.56 Å². The number of anilines is 1. The van der Waals surface area contributed by atoms with E-state index in [2.05, 4.69) is 20.5 Å². The third kappa shape index (κ3) is 3.40. The third-order valence-electron chi connectivity index (χ3n) is 2.87. The number of phenolic OH excluding ortho intramolecular Hbond substituents is 1. The van der Waals surface area contributed by atoms with Crippen LogP contribution in [0.15, 0.2) is 64.6 Å². The van der Waals surface area contributed by atoms with Gasteiger partial charge in [-0.2, -0.15) is 0 Å². The number of nitrogens with zero attached hydrogens (tertiary/aromatic N) is 2. The summed E-state index contributed by atoms with van der Waals surface area (Å²) in [5.74, 6) is 0.213. The van der Waals surface area contributed by atoms with Crippen molar-refractivity contribution in [2.45, 2.75) is 0 Å². The zero-order valence-corrected chi connectivity index (χ0v) is 12.8. The van der Waals surface area contributed by atoms with Crippen molar-refractivity contribution in [2.75, 3.05) is 5.43 Å². The molecule has 1 heterocycles. The molecule has 3 rings (SSSR count). The number of hydrogen-bond donors (Lipinski definition) is 2. The summed E-state index contributed by atoms with van der Waals surface area (Å²) in [5, 5.41) is 13.8. The van der Waals surface area contributed by atoms with Gasteiger partial charge >= 0.3 is 128 Å². The van der Waals surface area contributed by atoms with Crippen LogP contribution >= 0.6 is 0 Å². The monoisotopic (exact) mass is 343 g/mol. The van der Waals surface area contributed by atoms with E-state index in [1.54, 1.807) is 24.4 Å². The number of para-hydroxylation sites is 1. The fourth-order valence-electron chi connectivity index (χ4n) is 1.82. The van der Waals surface area contributed by atoms with E-state index in [0.717, 1.165) is 15.9 Å². The number of aromatic hydroxyl groups is 1.